The third-order valence-corrected chi connectivity index (χ3v) is 10.3. The number of aryl methyl sites for hydroxylation is 1. The maximum atomic E-state index is 14.2. The van der Waals surface area contributed by atoms with Crippen molar-refractivity contribution in [2.24, 2.45) is 0 Å². The Morgan fingerprint density at radius 2 is 1.53 bits per heavy atom. The highest BCUT2D eigenvalue weighted by atomic mass is 35.5. The number of benzene rings is 3. The molecule has 0 aliphatic heterocycles. The molecule has 1 fully saturated rings. The predicted molar refractivity (Wildman–Crippen MR) is 173 cm³/mol. The van der Waals surface area contributed by atoms with Crippen molar-refractivity contribution < 1.29 is 18.0 Å². The van der Waals surface area contributed by atoms with E-state index in [1.807, 2.05) is 25.1 Å². The van der Waals surface area contributed by atoms with Crippen molar-refractivity contribution in [3.63, 3.8) is 0 Å². The van der Waals surface area contributed by atoms with Gasteiger partial charge in [-0.1, -0.05) is 92.7 Å². The van der Waals surface area contributed by atoms with Crippen LogP contribution in [0.5, 0.6) is 0 Å². The van der Waals surface area contributed by atoms with E-state index in [2.05, 4.69) is 19.2 Å². The first kappa shape index (κ1) is 32.6. The standard InChI is InChI=1S/C34H42ClN3O4S/c1-24(2)27-16-18-30(19-17-27)38(43(41,42)31-20-14-25(3)15-21-31)23-33(39)37(22-28-10-8-9-13-32(28)35)26(4)34(40)36-29-11-6-5-7-12-29/h8-10,13-21,24,26,29H,5-7,11-12,22-23H2,1-4H3,(H,36,40). The zero-order chi connectivity index (χ0) is 31.1. The number of carbonyl (C=O) groups is 2. The van der Waals surface area contributed by atoms with E-state index in [-0.39, 0.29) is 29.3 Å². The summed E-state index contributed by atoms with van der Waals surface area (Å²) >= 11 is 6.48. The fourth-order valence-corrected chi connectivity index (χ4v) is 6.96. The lowest BCUT2D eigenvalue weighted by molar-refractivity contribution is -0.139. The molecule has 0 aromatic heterocycles. The Morgan fingerprint density at radius 3 is 2.14 bits per heavy atom. The first-order valence-corrected chi connectivity index (χ1v) is 16.8. The van der Waals surface area contributed by atoms with Crippen molar-refractivity contribution in [2.45, 2.75) is 89.2 Å². The summed E-state index contributed by atoms with van der Waals surface area (Å²) in [6, 6.07) is 20.2. The Morgan fingerprint density at radius 1 is 0.907 bits per heavy atom. The van der Waals surface area contributed by atoms with Gasteiger partial charge in [0, 0.05) is 17.6 Å². The highest BCUT2D eigenvalue weighted by Gasteiger charge is 2.33. The molecule has 0 bridgehead atoms. The van der Waals surface area contributed by atoms with Crippen LogP contribution in [0, 0.1) is 6.92 Å². The molecule has 1 N–H and O–H groups in total. The predicted octanol–water partition coefficient (Wildman–Crippen LogP) is 6.83. The van der Waals surface area contributed by atoms with Gasteiger partial charge < -0.3 is 10.2 Å². The number of hydrogen-bond acceptors (Lipinski definition) is 4. The number of sulfonamides is 1. The fourth-order valence-electron chi connectivity index (χ4n) is 5.35. The first-order chi connectivity index (χ1) is 20.5. The highest BCUT2D eigenvalue weighted by molar-refractivity contribution is 7.92. The summed E-state index contributed by atoms with van der Waals surface area (Å²) in [5.41, 5.74) is 3.02. The quantitative estimate of drug-likeness (QED) is 0.254. The van der Waals surface area contributed by atoms with Crippen LogP contribution < -0.4 is 9.62 Å². The van der Waals surface area contributed by atoms with E-state index in [0.29, 0.717) is 16.3 Å². The molecule has 1 unspecified atom stereocenters. The van der Waals surface area contributed by atoms with Crippen LogP contribution in [-0.2, 0) is 26.2 Å². The first-order valence-electron chi connectivity index (χ1n) is 15.0. The summed E-state index contributed by atoms with van der Waals surface area (Å²) in [5, 5.41) is 3.59. The van der Waals surface area contributed by atoms with E-state index >= 15 is 0 Å². The fraction of sp³-hybridized carbons (Fsp3) is 0.412. The van der Waals surface area contributed by atoms with Gasteiger partial charge >= 0.3 is 0 Å². The van der Waals surface area contributed by atoms with Gasteiger partial charge in [-0.2, -0.15) is 0 Å². The lowest BCUT2D eigenvalue weighted by Crippen LogP contribution is -2.53. The molecule has 4 rings (SSSR count). The van der Waals surface area contributed by atoms with Crippen molar-refractivity contribution in [3.8, 4) is 0 Å². The Balaban J connectivity index is 1.69. The molecule has 0 radical (unpaired) electrons. The SMILES string of the molecule is Cc1ccc(S(=O)(=O)N(CC(=O)N(Cc2ccccc2Cl)C(C)C(=O)NC2CCCCC2)c2ccc(C(C)C)cc2)cc1. The number of halogens is 1. The number of anilines is 1. The minimum Gasteiger partial charge on any atom is -0.352 e. The second-order valence-electron chi connectivity index (χ2n) is 11.7. The van der Waals surface area contributed by atoms with Crippen LogP contribution in [0.25, 0.3) is 0 Å². The van der Waals surface area contributed by atoms with Gasteiger partial charge in [-0.25, -0.2) is 8.42 Å². The average molecular weight is 624 g/mol. The zero-order valence-electron chi connectivity index (χ0n) is 25.4. The summed E-state index contributed by atoms with van der Waals surface area (Å²) in [6.45, 7) is 7.26. The number of nitrogens with zero attached hydrogens (tertiary/aromatic N) is 2. The number of amides is 2. The smallest absolute Gasteiger partial charge is 0.264 e. The lowest BCUT2D eigenvalue weighted by Gasteiger charge is -2.33. The third kappa shape index (κ3) is 8.18. The van der Waals surface area contributed by atoms with Crippen LogP contribution in [0.2, 0.25) is 5.02 Å². The van der Waals surface area contributed by atoms with E-state index in [1.54, 1.807) is 61.5 Å². The van der Waals surface area contributed by atoms with Gasteiger partial charge in [0.2, 0.25) is 11.8 Å². The maximum Gasteiger partial charge on any atom is 0.264 e. The molecule has 3 aromatic carbocycles. The second kappa shape index (κ2) is 14.4. The summed E-state index contributed by atoms with van der Waals surface area (Å²) in [7, 11) is -4.12. The molecule has 7 nitrogen and oxygen atoms in total. The van der Waals surface area contributed by atoms with Crippen LogP contribution in [-0.4, -0.2) is 43.8 Å². The van der Waals surface area contributed by atoms with Crippen molar-refractivity contribution in [2.75, 3.05) is 10.8 Å². The van der Waals surface area contributed by atoms with E-state index in [1.165, 1.54) is 4.90 Å². The Kier molecular flexibility index (Phi) is 10.9. The summed E-state index contributed by atoms with van der Waals surface area (Å²) in [6.07, 6.45) is 5.09. The van der Waals surface area contributed by atoms with E-state index in [0.717, 1.165) is 47.5 Å². The van der Waals surface area contributed by atoms with Gasteiger partial charge in [-0.3, -0.25) is 13.9 Å². The molecule has 43 heavy (non-hydrogen) atoms. The van der Waals surface area contributed by atoms with Crippen LogP contribution >= 0.6 is 11.6 Å². The molecular formula is C34H42ClN3O4S. The molecule has 0 saturated heterocycles. The summed E-state index contributed by atoms with van der Waals surface area (Å²) in [5.74, 6) is -0.510. The molecule has 0 spiro atoms. The van der Waals surface area contributed by atoms with Crippen molar-refractivity contribution in [1.82, 2.24) is 10.2 Å². The van der Waals surface area contributed by atoms with E-state index < -0.39 is 28.5 Å². The minimum absolute atomic E-state index is 0.0580. The monoisotopic (exact) mass is 623 g/mol. The Hall–Kier alpha value is -3.36. The molecule has 1 aliphatic rings. The number of nitrogens with one attached hydrogen (secondary N) is 1. The van der Waals surface area contributed by atoms with Gasteiger partial charge in [0.25, 0.3) is 10.0 Å². The van der Waals surface area contributed by atoms with Crippen molar-refractivity contribution >= 4 is 39.1 Å². The minimum atomic E-state index is -4.12. The molecule has 1 saturated carbocycles. The third-order valence-electron chi connectivity index (χ3n) is 8.15. The number of carbonyl (C=O) groups excluding carboxylic acids is 2. The van der Waals surface area contributed by atoms with Crippen molar-refractivity contribution in [3.05, 3.63) is 94.5 Å². The van der Waals surface area contributed by atoms with Crippen LogP contribution in [0.1, 0.15) is 75.5 Å². The average Bonchev–Trinajstić information content (AvgIpc) is 2.99. The largest absolute Gasteiger partial charge is 0.352 e. The molecule has 1 atom stereocenters. The van der Waals surface area contributed by atoms with Gasteiger partial charge in [0.1, 0.15) is 12.6 Å². The van der Waals surface area contributed by atoms with Gasteiger partial charge in [0.15, 0.2) is 0 Å². The second-order valence-corrected chi connectivity index (χ2v) is 14.0. The Bertz CT molecular complexity index is 1500. The normalized spacial score (nSPS) is 14.7. The molecule has 2 amide bonds. The van der Waals surface area contributed by atoms with Crippen LogP contribution in [0.4, 0.5) is 5.69 Å². The number of hydrogen-bond donors (Lipinski definition) is 1. The molecule has 0 heterocycles. The van der Waals surface area contributed by atoms with E-state index in [9.17, 15) is 18.0 Å². The van der Waals surface area contributed by atoms with Crippen LogP contribution in [0.15, 0.2) is 77.7 Å². The summed E-state index contributed by atoms with van der Waals surface area (Å²) < 4.78 is 29.2. The van der Waals surface area contributed by atoms with E-state index in [4.69, 9.17) is 11.6 Å². The highest BCUT2D eigenvalue weighted by Crippen LogP contribution is 2.27. The van der Waals surface area contributed by atoms with Crippen molar-refractivity contribution in [1.29, 1.82) is 0 Å². The van der Waals surface area contributed by atoms with Gasteiger partial charge in [0.05, 0.1) is 10.6 Å². The number of rotatable bonds is 11. The van der Waals surface area contributed by atoms with Crippen LogP contribution in [0.3, 0.4) is 0 Å². The molecule has 1 aliphatic carbocycles. The molecular weight excluding hydrogens is 582 g/mol. The zero-order valence-corrected chi connectivity index (χ0v) is 27.0. The van der Waals surface area contributed by atoms with Gasteiger partial charge in [-0.15, -0.1) is 0 Å². The van der Waals surface area contributed by atoms with Gasteiger partial charge in [-0.05, 0) is 74.1 Å². The lowest BCUT2D eigenvalue weighted by atomic mass is 9.95. The topological polar surface area (TPSA) is 86.8 Å². The maximum absolute atomic E-state index is 14.2. The summed E-state index contributed by atoms with van der Waals surface area (Å²) in [4.78, 5) is 29.2. The Labute approximate surface area is 261 Å². The molecule has 3 aromatic rings. The molecule has 9 heteroatoms. The molecule has 230 valence electrons.